The average molecular weight is 933 g/mol. The van der Waals surface area contributed by atoms with E-state index in [-0.39, 0.29) is 18.5 Å². The van der Waals surface area contributed by atoms with Gasteiger partial charge in [0.05, 0.1) is 25.4 Å². The Labute approximate surface area is 412 Å². The van der Waals surface area contributed by atoms with Gasteiger partial charge in [0.25, 0.3) is 0 Å². The van der Waals surface area contributed by atoms with Crippen LogP contribution in [0.4, 0.5) is 0 Å². The lowest BCUT2D eigenvalue weighted by Crippen LogP contribution is -2.45. The van der Waals surface area contributed by atoms with Crippen LogP contribution in [0.1, 0.15) is 335 Å². The van der Waals surface area contributed by atoms with Crippen molar-refractivity contribution in [2.24, 2.45) is 0 Å². The smallest absolute Gasteiger partial charge is 0.305 e. The van der Waals surface area contributed by atoms with Crippen LogP contribution in [0.2, 0.25) is 0 Å². The highest BCUT2D eigenvalue weighted by Crippen LogP contribution is 2.18. The fraction of sp³-hybridized carbons (Fsp3) is 0.933. The second-order valence-electron chi connectivity index (χ2n) is 20.7. The lowest BCUT2D eigenvalue weighted by atomic mass is 10.0. The summed E-state index contributed by atoms with van der Waals surface area (Å²) in [6.07, 6.45) is 66.6. The van der Waals surface area contributed by atoms with Crippen molar-refractivity contribution in [2.45, 2.75) is 347 Å². The summed E-state index contributed by atoms with van der Waals surface area (Å²) in [7, 11) is 0. The zero-order chi connectivity index (χ0) is 47.9. The molecule has 0 aromatic carbocycles. The maximum Gasteiger partial charge on any atom is 0.305 e. The summed E-state index contributed by atoms with van der Waals surface area (Å²) < 4.78 is 5.49. The monoisotopic (exact) mass is 932 g/mol. The van der Waals surface area contributed by atoms with E-state index >= 15 is 0 Å². The van der Waals surface area contributed by atoms with E-state index in [9.17, 15) is 19.8 Å². The first-order valence-corrected chi connectivity index (χ1v) is 30.0. The minimum absolute atomic E-state index is 0.00202. The van der Waals surface area contributed by atoms with Crippen LogP contribution < -0.4 is 5.32 Å². The molecule has 0 aliphatic rings. The Hall–Kier alpha value is -1.40. The molecule has 3 N–H and O–H groups in total. The molecule has 0 saturated heterocycles. The highest BCUT2D eigenvalue weighted by Gasteiger charge is 2.18. The number of rotatable bonds is 56. The highest BCUT2D eigenvalue weighted by molar-refractivity contribution is 5.76. The first kappa shape index (κ1) is 64.6. The number of hydrogen-bond donors (Lipinski definition) is 3. The SMILES string of the molecule is CCCCCCCCCCCCCCCC/C=C/C(O)C(CO)NC(=O)CCCCCCCCCCCCCCCCOC(=O)CCCCCCCCCCCCCCCCCCCCC. The summed E-state index contributed by atoms with van der Waals surface area (Å²) >= 11 is 0. The topological polar surface area (TPSA) is 95.9 Å². The summed E-state index contributed by atoms with van der Waals surface area (Å²) in [5.74, 6) is -0.0737. The fourth-order valence-corrected chi connectivity index (χ4v) is 9.46. The number of esters is 1. The molecule has 2 atom stereocenters. The Bertz CT molecular complexity index is 986. The molecule has 0 heterocycles. The van der Waals surface area contributed by atoms with Gasteiger partial charge < -0.3 is 20.3 Å². The molecule has 0 aromatic rings. The van der Waals surface area contributed by atoms with Crippen LogP contribution in [0.3, 0.4) is 0 Å². The third-order valence-corrected chi connectivity index (χ3v) is 14.1. The van der Waals surface area contributed by atoms with Crippen LogP contribution in [-0.2, 0) is 14.3 Å². The van der Waals surface area contributed by atoms with Crippen LogP contribution >= 0.6 is 0 Å². The second kappa shape index (κ2) is 56.2. The largest absolute Gasteiger partial charge is 0.466 e. The van der Waals surface area contributed by atoms with Gasteiger partial charge in [0.1, 0.15) is 0 Å². The van der Waals surface area contributed by atoms with E-state index in [2.05, 4.69) is 19.2 Å². The lowest BCUT2D eigenvalue weighted by molar-refractivity contribution is -0.143. The number of amides is 1. The second-order valence-corrected chi connectivity index (χ2v) is 20.7. The van der Waals surface area contributed by atoms with Crippen molar-refractivity contribution >= 4 is 11.9 Å². The van der Waals surface area contributed by atoms with Gasteiger partial charge in [0.15, 0.2) is 0 Å². The van der Waals surface area contributed by atoms with Crippen molar-refractivity contribution in [2.75, 3.05) is 13.2 Å². The Morgan fingerprint density at radius 3 is 1.03 bits per heavy atom. The van der Waals surface area contributed by atoms with Crippen LogP contribution in [-0.4, -0.2) is 47.4 Å². The number of allylic oxidation sites excluding steroid dienone is 1. The lowest BCUT2D eigenvalue weighted by Gasteiger charge is -2.20. The first-order valence-electron chi connectivity index (χ1n) is 30.0. The zero-order valence-corrected chi connectivity index (χ0v) is 44.7. The predicted octanol–water partition coefficient (Wildman–Crippen LogP) is 18.5. The highest BCUT2D eigenvalue weighted by atomic mass is 16.5. The van der Waals surface area contributed by atoms with Crippen LogP contribution in [0, 0.1) is 0 Å². The number of ether oxygens (including phenoxy) is 1. The van der Waals surface area contributed by atoms with Gasteiger partial charge in [-0.05, 0) is 32.1 Å². The number of hydrogen-bond acceptors (Lipinski definition) is 5. The Kier molecular flexibility index (Phi) is 55.0. The number of aliphatic hydroxyl groups excluding tert-OH is 2. The Morgan fingerprint density at radius 2 is 0.697 bits per heavy atom. The number of aliphatic hydroxyl groups is 2. The van der Waals surface area contributed by atoms with Crippen LogP contribution in [0.25, 0.3) is 0 Å². The van der Waals surface area contributed by atoms with Gasteiger partial charge >= 0.3 is 5.97 Å². The van der Waals surface area contributed by atoms with Gasteiger partial charge in [0.2, 0.25) is 5.91 Å². The van der Waals surface area contributed by atoms with Crippen LogP contribution in [0.15, 0.2) is 12.2 Å². The molecule has 392 valence electrons. The summed E-state index contributed by atoms with van der Waals surface area (Å²) in [6, 6.07) is -0.635. The molecule has 66 heavy (non-hydrogen) atoms. The molecule has 0 aliphatic carbocycles. The van der Waals surface area contributed by atoms with E-state index < -0.39 is 12.1 Å². The maximum atomic E-state index is 12.5. The van der Waals surface area contributed by atoms with Crippen molar-refractivity contribution in [3.63, 3.8) is 0 Å². The van der Waals surface area contributed by atoms with Crippen molar-refractivity contribution < 1.29 is 24.5 Å². The molecular weight excluding hydrogens is 815 g/mol. The first-order chi connectivity index (χ1) is 32.5. The molecule has 0 fully saturated rings. The van der Waals surface area contributed by atoms with E-state index in [1.54, 1.807) is 6.08 Å². The predicted molar refractivity (Wildman–Crippen MR) is 287 cm³/mol. The number of unbranched alkanes of at least 4 members (excludes halogenated alkanes) is 45. The van der Waals surface area contributed by atoms with Crippen molar-refractivity contribution in [3.05, 3.63) is 12.2 Å². The molecule has 2 unspecified atom stereocenters. The molecule has 0 spiro atoms. The van der Waals surface area contributed by atoms with E-state index in [4.69, 9.17) is 4.74 Å². The quantitative estimate of drug-likeness (QED) is 0.0321. The molecule has 0 aromatic heterocycles. The normalized spacial score (nSPS) is 12.6. The van der Waals surface area contributed by atoms with E-state index in [0.29, 0.717) is 19.4 Å². The Morgan fingerprint density at radius 1 is 0.409 bits per heavy atom. The summed E-state index contributed by atoms with van der Waals surface area (Å²) in [4.78, 5) is 24.6. The van der Waals surface area contributed by atoms with Crippen LogP contribution in [0.5, 0.6) is 0 Å². The standard InChI is InChI=1S/C60H117NO5/c1-3-5-7-9-11-13-15-17-19-21-22-23-25-30-34-38-42-46-50-54-60(65)66-55-51-47-43-39-35-31-27-26-29-33-37-41-45-49-53-59(64)61-57(56-62)58(63)52-48-44-40-36-32-28-24-20-18-16-14-12-10-8-6-4-2/h48,52,57-58,62-63H,3-47,49-51,53-56H2,1-2H3,(H,61,64)/b52-48+. The van der Waals surface area contributed by atoms with Gasteiger partial charge in [-0.15, -0.1) is 0 Å². The molecule has 0 aliphatic heterocycles. The maximum absolute atomic E-state index is 12.5. The zero-order valence-electron chi connectivity index (χ0n) is 44.7. The fourth-order valence-electron chi connectivity index (χ4n) is 9.46. The molecule has 1 amide bonds. The third-order valence-electron chi connectivity index (χ3n) is 14.1. The molecule has 6 heteroatoms. The van der Waals surface area contributed by atoms with Gasteiger partial charge in [-0.25, -0.2) is 0 Å². The minimum Gasteiger partial charge on any atom is -0.466 e. The molecule has 0 radical (unpaired) electrons. The molecule has 0 rings (SSSR count). The van der Waals surface area contributed by atoms with Crippen molar-refractivity contribution in [3.8, 4) is 0 Å². The Balaban J connectivity index is 3.43. The summed E-state index contributed by atoms with van der Waals surface area (Å²) in [5.41, 5.74) is 0. The molecule has 6 nitrogen and oxygen atoms in total. The van der Waals surface area contributed by atoms with Crippen molar-refractivity contribution in [1.29, 1.82) is 0 Å². The van der Waals surface area contributed by atoms with E-state index in [1.165, 1.54) is 250 Å². The number of carbonyl (C=O) groups is 2. The van der Waals surface area contributed by atoms with Gasteiger partial charge in [0, 0.05) is 12.8 Å². The molecular formula is C60H117NO5. The van der Waals surface area contributed by atoms with E-state index in [1.807, 2.05) is 6.08 Å². The summed E-state index contributed by atoms with van der Waals surface area (Å²) in [6.45, 7) is 4.91. The molecule has 0 bridgehead atoms. The van der Waals surface area contributed by atoms with Gasteiger partial charge in [-0.3, -0.25) is 9.59 Å². The molecule has 0 saturated carbocycles. The minimum atomic E-state index is -0.850. The number of nitrogens with one attached hydrogen (secondary N) is 1. The van der Waals surface area contributed by atoms with E-state index in [0.717, 1.165) is 57.8 Å². The van der Waals surface area contributed by atoms with Crippen molar-refractivity contribution in [1.82, 2.24) is 5.32 Å². The third kappa shape index (κ3) is 52.0. The van der Waals surface area contributed by atoms with Gasteiger partial charge in [-0.2, -0.15) is 0 Å². The number of carbonyl (C=O) groups excluding carboxylic acids is 2. The van der Waals surface area contributed by atoms with Gasteiger partial charge in [-0.1, -0.05) is 302 Å². The average Bonchev–Trinajstić information content (AvgIpc) is 3.32. The summed E-state index contributed by atoms with van der Waals surface area (Å²) in [5, 5.41) is 23.1.